The third-order valence-electron chi connectivity index (χ3n) is 4.47. The van der Waals surface area contributed by atoms with Crippen molar-refractivity contribution in [1.82, 2.24) is 20.2 Å². The van der Waals surface area contributed by atoms with Crippen molar-refractivity contribution < 1.29 is 14.4 Å². The van der Waals surface area contributed by atoms with Gasteiger partial charge < -0.3 is 16.0 Å². The number of rotatable bonds is 3. The molecule has 9 heteroatoms. The first-order chi connectivity index (χ1) is 12.5. The molecule has 0 saturated carbocycles. The molecule has 0 radical (unpaired) electrons. The van der Waals surface area contributed by atoms with E-state index in [2.05, 4.69) is 20.6 Å². The number of nitrogens with zero attached hydrogens (tertiary/aromatic N) is 3. The van der Waals surface area contributed by atoms with Crippen molar-refractivity contribution in [3.63, 3.8) is 0 Å². The molecule has 1 fully saturated rings. The lowest BCUT2D eigenvalue weighted by Gasteiger charge is -2.29. The van der Waals surface area contributed by atoms with E-state index in [0.717, 1.165) is 11.3 Å². The topological polar surface area (TPSA) is 130 Å². The number of amides is 3. The van der Waals surface area contributed by atoms with Crippen molar-refractivity contribution in [3.05, 3.63) is 41.6 Å². The Labute approximate surface area is 148 Å². The maximum atomic E-state index is 12.6. The number of benzene rings is 1. The van der Waals surface area contributed by atoms with Crippen molar-refractivity contribution >= 4 is 35.2 Å². The number of hydrogen-bond acceptors (Lipinski definition) is 7. The van der Waals surface area contributed by atoms with Crippen molar-refractivity contribution in [3.8, 4) is 0 Å². The van der Waals surface area contributed by atoms with Gasteiger partial charge in [-0.1, -0.05) is 0 Å². The zero-order valence-corrected chi connectivity index (χ0v) is 13.7. The van der Waals surface area contributed by atoms with E-state index in [4.69, 9.17) is 5.73 Å². The highest BCUT2D eigenvalue weighted by atomic mass is 16.2. The van der Waals surface area contributed by atoms with Gasteiger partial charge in [0.05, 0.1) is 0 Å². The fourth-order valence-electron chi connectivity index (χ4n) is 3.24. The van der Waals surface area contributed by atoms with Gasteiger partial charge in [-0.3, -0.25) is 19.7 Å². The first-order valence-corrected chi connectivity index (χ1v) is 8.14. The van der Waals surface area contributed by atoms with E-state index in [0.29, 0.717) is 24.3 Å². The largest absolute Gasteiger partial charge is 0.368 e. The number of hydrogen-bond donors (Lipinski definition) is 3. The summed E-state index contributed by atoms with van der Waals surface area (Å²) >= 11 is 0. The van der Waals surface area contributed by atoms with Crippen LogP contribution < -0.4 is 16.4 Å². The number of aromatic nitrogens is 2. The first kappa shape index (κ1) is 16.0. The molecule has 1 unspecified atom stereocenters. The number of nitrogen functional groups attached to an aromatic ring is 1. The lowest BCUT2D eigenvalue weighted by Crippen LogP contribution is -2.52. The van der Waals surface area contributed by atoms with Gasteiger partial charge in [0.1, 0.15) is 11.9 Å². The van der Waals surface area contributed by atoms with Gasteiger partial charge in [0.15, 0.2) is 0 Å². The number of imide groups is 1. The molecule has 0 bridgehead atoms. The summed E-state index contributed by atoms with van der Waals surface area (Å²) in [6.07, 6.45) is 2.13. The number of fused-ring (bicyclic) bond motifs is 1. The fraction of sp³-hybridized carbons (Fsp3) is 0.235. The zero-order valence-electron chi connectivity index (χ0n) is 13.7. The minimum absolute atomic E-state index is 0.162. The number of nitrogens with two attached hydrogens (primary N) is 1. The van der Waals surface area contributed by atoms with Crippen LogP contribution in [0.25, 0.3) is 0 Å². The Morgan fingerprint density at radius 3 is 2.85 bits per heavy atom. The van der Waals surface area contributed by atoms with E-state index in [1.54, 1.807) is 24.4 Å². The Hall–Kier alpha value is -3.49. The fourth-order valence-corrected chi connectivity index (χ4v) is 3.24. The van der Waals surface area contributed by atoms with Gasteiger partial charge in [-0.2, -0.15) is 4.98 Å². The van der Waals surface area contributed by atoms with Crippen LogP contribution in [0.1, 0.15) is 28.8 Å². The SMILES string of the molecule is Nc1nccc(Nc2ccc3c(c2)CN(C2CCC(=O)NC2=O)C3=O)n1. The normalized spacial score (nSPS) is 19.3. The molecule has 132 valence electrons. The molecular weight excluding hydrogens is 336 g/mol. The smallest absolute Gasteiger partial charge is 0.255 e. The summed E-state index contributed by atoms with van der Waals surface area (Å²) in [5.74, 6) is -0.213. The van der Waals surface area contributed by atoms with Gasteiger partial charge in [0.25, 0.3) is 5.91 Å². The highest BCUT2D eigenvalue weighted by Gasteiger charge is 2.39. The van der Waals surface area contributed by atoms with Crippen LogP contribution in [0, 0.1) is 0 Å². The van der Waals surface area contributed by atoms with Gasteiger partial charge in [0.2, 0.25) is 17.8 Å². The summed E-state index contributed by atoms with van der Waals surface area (Å²) in [5, 5.41) is 5.41. The average Bonchev–Trinajstić information content (AvgIpc) is 2.91. The summed E-state index contributed by atoms with van der Waals surface area (Å²) < 4.78 is 0. The Morgan fingerprint density at radius 1 is 1.23 bits per heavy atom. The van der Waals surface area contributed by atoms with Crippen LogP contribution in [0.3, 0.4) is 0 Å². The number of carbonyl (C=O) groups excluding carboxylic acids is 3. The Morgan fingerprint density at radius 2 is 2.08 bits per heavy atom. The van der Waals surface area contributed by atoms with E-state index in [1.807, 2.05) is 6.07 Å². The Bertz CT molecular complexity index is 928. The molecule has 3 amide bonds. The van der Waals surface area contributed by atoms with Crippen LogP contribution in [0.15, 0.2) is 30.5 Å². The summed E-state index contributed by atoms with van der Waals surface area (Å²) in [6, 6.07) is 6.40. The summed E-state index contributed by atoms with van der Waals surface area (Å²) in [4.78, 5) is 45.4. The van der Waals surface area contributed by atoms with Gasteiger partial charge in [0, 0.05) is 30.4 Å². The van der Waals surface area contributed by atoms with Crippen LogP contribution in [0.2, 0.25) is 0 Å². The zero-order chi connectivity index (χ0) is 18.3. The number of piperidine rings is 1. The van der Waals surface area contributed by atoms with Gasteiger partial charge in [-0.25, -0.2) is 4.98 Å². The predicted molar refractivity (Wildman–Crippen MR) is 92.2 cm³/mol. The van der Waals surface area contributed by atoms with Crippen LogP contribution >= 0.6 is 0 Å². The molecule has 3 heterocycles. The van der Waals surface area contributed by atoms with Crippen LogP contribution in [-0.4, -0.2) is 38.6 Å². The molecule has 2 aromatic rings. The van der Waals surface area contributed by atoms with Gasteiger partial charge in [-0.05, 0) is 36.2 Å². The second-order valence-electron chi connectivity index (χ2n) is 6.20. The molecule has 0 spiro atoms. The molecule has 1 saturated heterocycles. The third kappa shape index (κ3) is 2.83. The monoisotopic (exact) mass is 352 g/mol. The number of anilines is 3. The number of nitrogens with one attached hydrogen (secondary N) is 2. The first-order valence-electron chi connectivity index (χ1n) is 8.14. The predicted octanol–water partition coefficient (Wildman–Crippen LogP) is 0.563. The molecule has 2 aliphatic rings. The van der Waals surface area contributed by atoms with Crippen molar-refractivity contribution in [2.24, 2.45) is 0 Å². The highest BCUT2D eigenvalue weighted by molar-refractivity contribution is 6.05. The maximum Gasteiger partial charge on any atom is 0.255 e. The second-order valence-corrected chi connectivity index (χ2v) is 6.20. The summed E-state index contributed by atoms with van der Waals surface area (Å²) in [7, 11) is 0. The molecule has 4 rings (SSSR count). The third-order valence-corrected chi connectivity index (χ3v) is 4.47. The lowest BCUT2D eigenvalue weighted by atomic mass is 10.0. The molecule has 1 aromatic heterocycles. The van der Waals surface area contributed by atoms with Crippen molar-refractivity contribution in [2.75, 3.05) is 11.1 Å². The van der Waals surface area contributed by atoms with Crippen LogP contribution in [-0.2, 0) is 16.1 Å². The van der Waals surface area contributed by atoms with E-state index in [1.165, 1.54) is 4.90 Å². The van der Waals surface area contributed by atoms with E-state index in [-0.39, 0.29) is 24.2 Å². The molecule has 0 aliphatic carbocycles. The van der Waals surface area contributed by atoms with Crippen molar-refractivity contribution in [1.29, 1.82) is 0 Å². The Kier molecular flexibility index (Phi) is 3.76. The maximum absolute atomic E-state index is 12.6. The molecule has 1 atom stereocenters. The number of carbonyl (C=O) groups is 3. The quantitative estimate of drug-likeness (QED) is 0.688. The van der Waals surface area contributed by atoms with Crippen LogP contribution in [0.4, 0.5) is 17.5 Å². The van der Waals surface area contributed by atoms with E-state index in [9.17, 15) is 14.4 Å². The molecule has 2 aliphatic heterocycles. The second kappa shape index (κ2) is 6.10. The van der Waals surface area contributed by atoms with E-state index >= 15 is 0 Å². The van der Waals surface area contributed by atoms with Crippen molar-refractivity contribution in [2.45, 2.75) is 25.4 Å². The minimum atomic E-state index is -0.620. The summed E-state index contributed by atoms with van der Waals surface area (Å²) in [6.45, 7) is 0.321. The van der Waals surface area contributed by atoms with Crippen LogP contribution in [0.5, 0.6) is 0 Å². The minimum Gasteiger partial charge on any atom is -0.368 e. The molecule has 1 aromatic carbocycles. The van der Waals surface area contributed by atoms with E-state index < -0.39 is 11.9 Å². The highest BCUT2D eigenvalue weighted by Crippen LogP contribution is 2.30. The van der Waals surface area contributed by atoms with Gasteiger partial charge >= 0.3 is 0 Å². The molecule has 9 nitrogen and oxygen atoms in total. The molecule has 4 N–H and O–H groups in total. The lowest BCUT2D eigenvalue weighted by molar-refractivity contribution is -0.136. The standard InChI is InChI=1S/C17H16N6O3/c18-17-19-6-5-13(21-17)20-10-1-2-11-9(7-10)8-23(16(11)26)12-3-4-14(24)22-15(12)25/h1-2,5-7,12H,3-4,8H2,(H,22,24,25)(H3,18,19,20,21). The van der Waals surface area contributed by atoms with Gasteiger partial charge in [-0.15, -0.1) is 0 Å². The average molecular weight is 352 g/mol. The molecular formula is C17H16N6O3. The molecule has 26 heavy (non-hydrogen) atoms. The summed E-state index contributed by atoms with van der Waals surface area (Å²) in [5.41, 5.74) is 7.69. The Balaban J connectivity index is 1.55.